The Balaban J connectivity index is 1.99. The summed E-state index contributed by atoms with van der Waals surface area (Å²) in [5.41, 5.74) is 6.74. The van der Waals surface area contributed by atoms with Gasteiger partial charge in [0.1, 0.15) is 5.82 Å². The first-order valence-electron chi connectivity index (χ1n) is 7.02. The molecule has 1 amide bonds. The summed E-state index contributed by atoms with van der Waals surface area (Å²) in [5, 5.41) is 0. The lowest BCUT2D eigenvalue weighted by Crippen LogP contribution is -2.35. The van der Waals surface area contributed by atoms with Crippen LogP contribution in [0.1, 0.15) is 28.8 Å². The van der Waals surface area contributed by atoms with Gasteiger partial charge in [-0.15, -0.1) is 0 Å². The molecular weight excluding hydrogens is 257 g/mol. The number of hydrogen-bond acceptors (Lipinski definition) is 3. The molecule has 0 atom stereocenters. The lowest BCUT2D eigenvalue weighted by molar-refractivity contribution is 0.0782. The summed E-state index contributed by atoms with van der Waals surface area (Å²) in [6, 6.07) is 2.81. The van der Waals surface area contributed by atoms with Crippen molar-refractivity contribution in [1.29, 1.82) is 0 Å². The third-order valence-electron chi connectivity index (χ3n) is 3.93. The van der Waals surface area contributed by atoms with Gasteiger partial charge in [-0.1, -0.05) is 0 Å². The number of likely N-dealkylation sites (tertiary alicyclic amines) is 1. The SMILES string of the molecule is Cc1c(N)cc(C(=O)N(C)CCN2CCCC2)cc1F. The minimum Gasteiger partial charge on any atom is -0.398 e. The van der Waals surface area contributed by atoms with Gasteiger partial charge in [0, 0.05) is 37.0 Å². The van der Waals surface area contributed by atoms with Crippen LogP contribution in [0.3, 0.4) is 0 Å². The molecule has 1 aromatic carbocycles. The molecule has 2 rings (SSSR count). The molecule has 4 nitrogen and oxygen atoms in total. The molecular formula is C15H22FN3O. The molecule has 0 saturated carbocycles. The fraction of sp³-hybridized carbons (Fsp3) is 0.533. The number of carbonyl (C=O) groups excluding carboxylic acids is 1. The van der Waals surface area contributed by atoms with Crippen molar-refractivity contribution in [2.75, 3.05) is 39.0 Å². The number of anilines is 1. The summed E-state index contributed by atoms with van der Waals surface area (Å²) >= 11 is 0. The number of likely N-dealkylation sites (N-methyl/N-ethyl adjacent to an activating group) is 1. The summed E-state index contributed by atoms with van der Waals surface area (Å²) in [4.78, 5) is 16.2. The van der Waals surface area contributed by atoms with Crippen LogP contribution >= 0.6 is 0 Å². The maximum absolute atomic E-state index is 13.6. The Morgan fingerprint density at radius 1 is 1.40 bits per heavy atom. The van der Waals surface area contributed by atoms with Crippen LogP contribution in [0.2, 0.25) is 0 Å². The number of carbonyl (C=O) groups is 1. The molecule has 110 valence electrons. The van der Waals surface area contributed by atoms with E-state index < -0.39 is 5.82 Å². The minimum atomic E-state index is -0.429. The van der Waals surface area contributed by atoms with E-state index in [2.05, 4.69) is 4.90 Å². The molecule has 1 fully saturated rings. The van der Waals surface area contributed by atoms with E-state index in [-0.39, 0.29) is 5.91 Å². The molecule has 1 aliphatic heterocycles. The number of nitrogens with two attached hydrogens (primary N) is 1. The third-order valence-corrected chi connectivity index (χ3v) is 3.93. The van der Waals surface area contributed by atoms with E-state index >= 15 is 0 Å². The number of nitrogen functional groups attached to an aromatic ring is 1. The fourth-order valence-corrected chi connectivity index (χ4v) is 2.44. The van der Waals surface area contributed by atoms with Gasteiger partial charge in [0.25, 0.3) is 5.91 Å². The van der Waals surface area contributed by atoms with E-state index in [1.807, 2.05) is 0 Å². The van der Waals surface area contributed by atoms with Crippen LogP contribution in [0.5, 0.6) is 0 Å². The number of hydrogen-bond donors (Lipinski definition) is 1. The number of amides is 1. The molecule has 5 heteroatoms. The summed E-state index contributed by atoms with van der Waals surface area (Å²) in [5.74, 6) is -0.615. The third kappa shape index (κ3) is 3.28. The molecule has 1 aliphatic rings. The molecule has 1 heterocycles. The summed E-state index contributed by atoms with van der Waals surface area (Å²) in [7, 11) is 1.74. The van der Waals surface area contributed by atoms with E-state index in [1.165, 1.54) is 18.9 Å². The van der Waals surface area contributed by atoms with E-state index in [0.29, 0.717) is 23.4 Å². The zero-order chi connectivity index (χ0) is 14.7. The zero-order valence-electron chi connectivity index (χ0n) is 12.2. The van der Waals surface area contributed by atoms with Gasteiger partial charge in [-0.3, -0.25) is 4.79 Å². The van der Waals surface area contributed by atoms with E-state index in [9.17, 15) is 9.18 Å². The molecule has 2 N–H and O–H groups in total. The Hall–Kier alpha value is -1.62. The van der Waals surface area contributed by atoms with Crippen molar-refractivity contribution in [1.82, 2.24) is 9.80 Å². The number of benzene rings is 1. The van der Waals surface area contributed by atoms with Crippen LogP contribution in [-0.4, -0.2) is 48.9 Å². The Morgan fingerprint density at radius 3 is 2.65 bits per heavy atom. The molecule has 0 aliphatic carbocycles. The first kappa shape index (κ1) is 14.8. The minimum absolute atomic E-state index is 0.185. The van der Waals surface area contributed by atoms with Gasteiger partial charge >= 0.3 is 0 Å². The Morgan fingerprint density at radius 2 is 2.05 bits per heavy atom. The second kappa shape index (κ2) is 6.22. The first-order valence-corrected chi connectivity index (χ1v) is 7.02. The van der Waals surface area contributed by atoms with Crippen molar-refractivity contribution >= 4 is 11.6 Å². The van der Waals surface area contributed by atoms with Crippen LogP contribution in [0.15, 0.2) is 12.1 Å². The van der Waals surface area contributed by atoms with Crippen LogP contribution in [0.25, 0.3) is 0 Å². The van der Waals surface area contributed by atoms with Crippen molar-refractivity contribution in [3.8, 4) is 0 Å². The Kier molecular flexibility index (Phi) is 4.60. The Labute approximate surface area is 119 Å². The highest BCUT2D eigenvalue weighted by molar-refractivity contribution is 5.95. The van der Waals surface area contributed by atoms with Gasteiger partial charge in [0.15, 0.2) is 0 Å². The molecule has 0 bridgehead atoms. The number of nitrogens with zero attached hydrogens (tertiary/aromatic N) is 2. The average molecular weight is 279 g/mol. The number of rotatable bonds is 4. The monoisotopic (exact) mass is 279 g/mol. The van der Waals surface area contributed by atoms with Gasteiger partial charge in [0.05, 0.1) is 0 Å². The molecule has 1 saturated heterocycles. The molecule has 0 spiro atoms. The average Bonchev–Trinajstić information content (AvgIpc) is 2.94. The summed E-state index contributed by atoms with van der Waals surface area (Å²) in [6.07, 6.45) is 2.47. The zero-order valence-corrected chi connectivity index (χ0v) is 12.2. The number of halogens is 1. The lowest BCUT2D eigenvalue weighted by atomic mass is 10.1. The van der Waals surface area contributed by atoms with Gasteiger partial charge in [-0.05, 0) is 45.0 Å². The predicted octanol–water partition coefficient (Wildman–Crippen LogP) is 1.88. The molecule has 1 aromatic rings. The highest BCUT2D eigenvalue weighted by atomic mass is 19.1. The molecule has 0 aromatic heterocycles. The predicted molar refractivity (Wildman–Crippen MR) is 78.2 cm³/mol. The highest BCUT2D eigenvalue weighted by Crippen LogP contribution is 2.18. The summed E-state index contributed by atoms with van der Waals surface area (Å²) < 4.78 is 13.6. The topological polar surface area (TPSA) is 49.6 Å². The lowest BCUT2D eigenvalue weighted by Gasteiger charge is -2.22. The van der Waals surface area contributed by atoms with Crippen molar-refractivity contribution in [3.05, 3.63) is 29.1 Å². The smallest absolute Gasteiger partial charge is 0.253 e. The maximum Gasteiger partial charge on any atom is 0.253 e. The second-order valence-electron chi connectivity index (χ2n) is 5.45. The standard InChI is InChI=1S/C15H22FN3O/c1-11-13(16)9-12(10-14(11)17)15(20)18(2)7-8-19-5-3-4-6-19/h9-10H,3-8,17H2,1-2H3. The van der Waals surface area contributed by atoms with Crippen LogP contribution < -0.4 is 5.73 Å². The normalized spacial score (nSPS) is 15.6. The quantitative estimate of drug-likeness (QED) is 0.856. The van der Waals surface area contributed by atoms with E-state index in [4.69, 9.17) is 5.73 Å². The van der Waals surface area contributed by atoms with Gasteiger partial charge in [-0.25, -0.2) is 4.39 Å². The second-order valence-corrected chi connectivity index (χ2v) is 5.45. The van der Waals surface area contributed by atoms with E-state index in [0.717, 1.165) is 19.6 Å². The summed E-state index contributed by atoms with van der Waals surface area (Å²) in [6.45, 7) is 5.33. The maximum atomic E-state index is 13.6. The largest absolute Gasteiger partial charge is 0.398 e. The Bertz CT molecular complexity index is 475. The van der Waals surface area contributed by atoms with Crippen molar-refractivity contribution < 1.29 is 9.18 Å². The van der Waals surface area contributed by atoms with Crippen molar-refractivity contribution in [2.24, 2.45) is 0 Å². The van der Waals surface area contributed by atoms with Crippen molar-refractivity contribution in [3.63, 3.8) is 0 Å². The highest BCUT2D eigenvalue weighted by Gasteiger charge is 2.17. The van der Waals surface area contributed by atoms with Crippen LogP contribution in [-0.2, 0) is 0 Å². The fourth-order valence-electron chi connectivity index (χ4n) is 2.44. The van der Waals surface area contributed by atoms with E-state index in [1.54, 1.807) is 24.9 Å². The molecule has 20 heavy (non-hydrogen) atoms. The molecule has 0 radical (unpaired) electrons. The van der Waals surface area contributed by atoms with Gasteiger partial charge < -0.3 is 15.5 Å². The van der Waals surface area contributed by atoms with Crippen LogP contribution in [0.4, 0.5) is 10.1 Å². The van der Waals surface area contributed by atoms with Crippen LogP contribution in [0, 0.1) is 12.7 Å². The van der Waals surface area contributed by atoms with Gasteiger partial charge in [-0.2, -0.15) is 0 Å². The first-order chi connectivity index (χ1) is 9.49. The molecule has 0 unspecified atom stereocenters. The van der Waals surface area contributed by atoms with Crippen molar-refractivity contribution in [2.45, 2.75) is 19.8 Å². The van der Waals surface area contributed by atoms with Gasteiger partial charge in [0.2, 0.25) is 0 Å².